The predicted molar refractivity (Wildman–Crippen MR) is 84.3 cm³/mol. The van der Waals surface area contributed by atoms with E-state index in [4.69, 9.17) is 0 Å². The minimum atomic E-state index is 0.581. The molecule has 1 aliphatic heterocycles. The van der Waals surface area contributed by atoms with Gasteiger partial charge in [0.2, 0.25) is 0 Å². The van der Waals surface area contributed by atoms with Crippen LogP contribution < -0.4 is 10.6 Å². The number of nitrogens with zero attached hydrogens (tertiary/aromatic N) is 1. The average molecular weight is 287 g/mol. The van der Waals surface area contributed by atoms with Crippen molar-refractivity contribution < 1.29 is 0 Å². The SMILES string of the molecule is Cc1csc(CCNCC2CNCc3ccccc32)n1. The monoisotopic (exact) mass is 287 g/mol. The molecule has 1 aromatic carbocycles. The van der Waals surface area contributed by atoms with E-state index in [1.54, 1.807) is 11.3 Å². The molecule has 2 N–H and O–H groups in total. The van der Waals surface area contributed by atoms with Crippen LogP contribution in [0.5, 0.6) is 0 Å². The third-order valence-corrected chi connectivity index (χ3v) is 4.80. The molecule has 20 heavy (non-hydrogen) atoms. The Morgan fingerprint density at radius 2 is 2.30 bits per heavy atom. The highest BCUT2D eigenvalue weighted by Gasteiger charge is 2.18. The van der Waals surface area contributed by atoms with Gasteiger partial charge >= 0.3 is 0 Å². The lowest BCUT2D eigenvalue weighted by Gasteiger charge is -2.26. The van der Waals surface area contributed by atoms with E-state index in [0.29, 0.717) is 5.92 Å². The van der Waals surface area contributed by atoms with Gasteiger partial charge in [-0.05, 0) is 18.1 Å². The van der Waals surface area contributed by atoms with E-state index in [-0.39, 0.29) is 0 Å². The van der Waals surface area contributed by atoms with Crippen molar-refractivity contribution in [3.63, 3.8) is 0 Å². The van der Waals surface area contributed by atoms with E-state index in [2.05, 4.69) is 52.2 Å². The maximum atomic E-state index is 4.50. The lowest BCUT2D eigenvalue weighted by molar-refractivity contribution is 0.504. The van der Waals surface area contributed by atoms with E-state index in [1.807, 2.05) is 0 Å². The Morgan fingerprint density at radius 3 is 3.15 bits per heavy atom. The highest BCUT2D eigenvalue weighted by Crippen LogP contribution is 2.22. The maximum absolute atomic E-state index is 4.50. The van der Waals surface area contributed by atoms with Gasteiger partial charge in [0.1, 0.15) is 0 Å². The molecule has 3 nitrogen and oxygen atoms in total. The van der Waals surface area contributed by atoms with Crippen LogP contribution in [0.25, 0.3) is 0 Å². The quantitative estimate of drug-likeness (QED) is 0.830. The van der Waals surface area contributed by atoms with Gasteiger partial charge in [-0.2, -0.15) is 0 Å². The van der Waals surface area contributed by atoms with Crippen molar-refractivity contribution in [2.75, 3.05) is 19.6 Å². The van der Waals surface area contributed by atoms with Crippen molar-refractivity contribution in [2.45, 2.75) is 25.8 Å². The third-order valence-electron chi connectivity index (χ3n) is 3.77. The number of nitrogens with one attached hydrogen (secondary N) is 2. The molecule has 1 aliphatic rings. The van der Waals surface area contributed by atoms with E-state index >= 15 is 0 Å². The van der Waals surface area contributed by atoms with Crippen molar-refractivity contribution >= 4 is 11.3 Å². The summed E-state index contributed by atoms with van der Waals surface area (Å²) in [5.74, 6) is 0.581. The number of aryl methyl sites for hydroxylation is 1. The molecule has 0 fully saturated rings. The number of fused-ring (bicyclic) bond motifs is 1. The summed E-state index contributed by atoms with van der Waals surface area (Å²) in [4.78, 5) is 4.50. The van der Waals surface area contributed by atoms with Crippen LogP contribution in [-0.2, 0) is 13.0 Å². The summed E-state index contributed by atoms with van der Waals surface area (Å²) in [6.07, 6.45) is 1.03. The minimum Gasteiger partial charge on any atom is -0.316 e. The van der Waals surface area contributed by atoms with Crippen LogP contribution in [0.1, 0.15) is 27.7 Å². The van der Waals surface area contributed by atoms with E-state index in [9.17, 15) is 0 Å². The van der Waals surface area contributed by atoms with E-state index < -0.39 is 0 Å². The van der Waals surface area contributed by atoms with Crippen molar-refractivity contribution in [1.82, 2.24) is 15.6 Å². The van der Waals surface area contributed by atoms with Gasteiger partial charge in [-0.3, -0.25) is 0 Å². The third kappa shape index (κ3) is 3.26. The van der Waals surface area contributed by atoms with Crippen LogP contribution in [-0.4, -0.2) is 24.6 Å². The second-order valence-electron chi connectivity index (χ2n) is 5.36. The summed E-state index contributed by atoms with van der Waals surface area (Å²) < 4.78 is 0. The highest BCUT2D eigenvalue weighted by molar-refractivity contribution is 7.09. The van der Waals surface area contributed by atoms with Crippen molar-refractivity contribution in [3.8, 4) is 0 Å². The molecule has 2 heterocycles. The Morgan fingerprint density at radius 1 is 1.40 bits per heavy atom. The molecule has 1 atom stereocenters. The largest absolute Gasteiger partial charge is 0.316 e. The fourth-order valence-corrected chi connectivity index (χ4v) is 3.53. The molecule has 1 unspecified atom stereocenters. The smallest absolute Gasteiger partial charge is 0.0940 e. The number of hydrogen-bond donors (Lipinski definition) is 2. The zero-order valence-electron chi connectivity index (χ0n) is 11.9. The van der Waals surface area contributed by atoms with Crippen LogP contribution in [0, 0.1) is 6.92 Å². The summed E-state index contributed by atoms with van der Waals surface area (Å²) in [7, 11) is 0. The normalized spacial score (nSPS) is 17.9. The summed E-state index contributed by atoms with van der Waals surface area (Å²) in [6, 6.07) is 8.77. The second kappa shape index (κ2) is 6.48. The molecule has 0 bridgehead atoms. The summed E-state index contributed by atoms with van der Waals surface area (Å²) in [5, 5.41) is 10.4. The van der Waals surface area contributed by atoms with Gasteiger partial charge in [0.25, 0.3) is 0 Å². The molecule has 106 valence electrons. The van der Waals surface area contributed by atoms with Gasteiger partial charge in [0.15, 0.2) is 0 Å². The summed E-state index contributed by atoms with van der Waals surface area (Å²) >= 11 is 1.76. The zero-order valence-corrected chi connectivity index (χ0v) is 12.7. The van der Waals surface area contributed by atoms with Gasteiger partial charge in [0, 0.05) is 49.6 Å². The summed E-state index contributed by atoms with van der Waals surface area (Å²) in [5.41, 5.74) is 4.08. The lowest BCUT2D eigenvalue weighted by atomic mass is 9.91. The first-order valence-corrected chi connectivity index (χ1v) is 8.11. The molecule has 0 saturated carbocycles. The Labute approximate surface area is 124 Å². The first-order chi connectivity index (χ1) is 9.83. The Balaban J connectivity index is 1.50. The van der Waals surface area contributed by atoms with Crippen molar-refractivity contribution in [1.29, 1.82) is 0 Å². The van der Waals surface area contributed by atoms with Gasteiger partial charge < -0.3 is 10.6 Å². The van der Waals surface area contributed by atoms with Crippen molar-refractivity contribution in [3.05, 3.63) is 51.5 Å². The molecule has 2 aromatic rings. The standard InChI is InChI=1S/C16H21N3S/c1-12-11-20-16(19-12)6-7-17-9-14-10-18-8-13-4-2-3-5-15(13)14/h2-5,11,14,17-18H,6-10H2,1H3. The van der Waals surface area contributed by atoms with Crippen LogP contribution in [0.4, 0.5) is 0 Å². The number of rotatable bonds is 5. The molecule has 0 spiro atoms. The van der Waals surface area contributed by atoms with Gasteiger partial charge in [-0.1, -0.05) is 24.3 Å². The van der Waals surface area contributed by atoms with Gasteiger partial charge in [0.05, 0.1) is 5.01 Å². The predicted octanol–water partition coefficient (Wildman–Crippen LogP) is 2.47. The second-order valence-corrected chi connectivity index (χ2v) is 6.31. The topological polar surface area (TPSA) is 37.0 Å². The van der Waals surface area contributed by atoms with Crippen molar-refractivity contribution in [2.24, 2.45) is 0 Å². The van der Waals surface area contributed by atoms with Crippen LogP contribution in [0.15, 0.2) is 29.6 Å². The molecule has 0 radical (unpaired) electrons. The van der Waals surface area contributed by atoms with Crippen LogP contribution >= 0.6 is 11.3 Å². The zero-order chi connectivity index (χ0) is 13.8. The molecule has 1 aromatic heterocycles. The first-order valence-electron chi connectivity index (χ1n) is 7.23. The lowest BCUT2D eigenvalue weighted by Crippen LogP contribution is -2.35. The maximum Gasteiger partial charge on any atom is 0.0940 e. The Kier molecular flexibility index (Phi) is 4.45. The average Bonchev–Trinajstić information content (AvgIpc) is 2.89. The Bertz CT molecular complexity index is 564. The molecule has 4 heteroatoms. The first kappa shape index (κ1) is 13.7. The van der Waals surface area contributed by atoms with Gasteiger partial charge in [-0.15, -0.1) is 11.3 Å². The fraction of sp³-hybridized carbons (Fsp3) is 0.438. The van der Waals surface area contributed by atoms with E-state index in [0.717, 1.165) is 38.3 Å². The number of thiazole rings is 1. The Hall–Kier alpha value is -1.23. The number of aromatic nitrogens is 1. The molecule has 3 rings (SSSR count). The minimum absolute atomic E-state index is 0.581. The molecule has 0 aliphatic carbocycles. The van der Waals surface area contributed by atoms with E-state index in [1.165, 1.54) is 16.1 Å². The number of hydrogen-bond acceptors (Lipinski definition) is 4. The molecule has 0 saturated heterocycles. The molecular formula is C16H21N3S. The number of benzene rings is 1. The molecule has 0 amide bonds. The molecular weight excluding hydrogens is 266 g/mol. The summed E-state index contributed by atoms with van der Waals surface area (Å²) in [6.45, 7) is 6.17. The fourth-order valence-electron chi connectivity index (χ4n) is 2.76. The van der Waals surface area contributed by atoms with Crippen LogP contribution in [0.3, 0.4) is 0 Å². The van der Waals surface area contributed by atoms with Crippen LogP contribution in [0.2, 0.25) is 0 Å². The highest BCUT2D eigenvalue weighted by atomic mass is 32.1. The van der Waals surface area contributed by atoms with Gasteiger partial charge in [-0.25, -0.2) is 4.98 Å².